The van der Waals surface area contributed by atoms with Gasteiger partial charge in [0.15, 0.2) is 0 Å². The molecule has 0 bridgehead atoms. The van der Waals surface area contributed by atoms with E-state index in [-0.39, 0.29) is 0 Å². The van der Waals surface area contributed by atoms with Gasteiger partial charge in [0.1, 0.15) is 5.75 Å². The van der Waals surface area contributed by atoms with Gasteiger partial charge in [-0.1, -0.05) is 38.2 Å². The molecular weight excluding hydrogens is 188 g/mol. The lowest BCUT2D eigenvalue weighted by Crippen LogP contribution is -2.23. The van der Waals surface area contributed by atoms with Gasteiger partial charge in [-0.05, 0) is 23.7 Å². The molecule has 2 heteroatoms. The van der Waals surface area contributed by atoms with Crippen LogP contribution in [-0.4, -0.2) is 8.80 Å². The summed E-state index contributed by atoms with van der Waals surface area (Å²) in [5, 5.41) is 1.40. The SMILES string of the molecule is CCC=COc1ccccc1[SiH](C)C. The predicted molar refractivity (Wildman–Crippen MR) is 65.0 cm³/mol. The summed E-state index contributed by atoms with van der Waals surface area (Å²) in [6.45, 7) is 6.72. The monoisotopic (exact) mass is 206 g/mol. The molecular formula is C12H18OSi. The van der Waals surface area contributed by atoms with Gasteiger partial charge >= 0.3 is 0 Å². The fraction of sp³-hybridized carbons (Fsp3) is 0.333. The van der Waals surface area contributed by atoms with Gasteiger partial charge in [0.05, 0.1) is 15.1 Å². The molecule has 0 fully saturated rings. The van der Waals surface area contributed by atoms with Crippen LogP contribution in [0.4, 0.5) is 0 Å². The molecule has 1 aromatic rings. The third-order valence-electron chi connectivity index (χ3n) is 2.07. The fourth-order valence-corrected chi connectivity index (χ4v) is 2.51. The van der Waals surface area contributed by atoms with Crippen molar-refractivity contribution in [2.75, 3.05) is 0 Å². The third kappa shape index (κ3) is 3.03. The molecule has 0 spiro atoms. The van der Waals surface area contributed by atoms with Crippen molar-refractivity contribution in [3.63, 3.8) is 0 Å². The predicted octanol–water partition coefficient (Wildman–Crippen LogP) is 2.68. The lowest BCUT2D eigenvalue weighted by Gasteiger charge is -2.09. The Balaban J connectivity index is 2.79. The van der Waals surface area contributed by atoms with Crippen LogP contribution in [-0.2, 0) is 0 Å². The minimum Gasteiger partial charge on any atom is -0.465 e. The molecule has 1 nitrogen and oxygen atoms in total. The molecule has 0 saturated heterocycles. The first-order valence-electron chi connectivity index (χ1n) is 5.16. The van der Waals surface area contributed by atoms with Crippen LogP contribution < -0.4 is 9.92 Å². The summed E-state index contributed by atoms with van der Waals surface area (Å²) in [4.78, 5) is 0. The van der Waals surface area contributed by atoms with Crippen molar-refractivity contribution >= 4 is 14.0 Å². The van der Waals surface area contributed by atoms with Crippen molar-refractivity contribution < 1.29 is 4.74 Å². The van der Waals surface area contributed by atoms with Crippen molar-refractivity contribution in [3.8, 4) is 5.75 Å². The van der Waals surface area contributed by atoms with Crippen LogP contribution in [0.15, 0.2) is 36.6 Å². The van der Waals surface area contributed by atoms with Crippen LogP contribution in [0.2, 0.25) is 13.1 Å². The van der Waals surface area contributed by atoms with Gasteiger partial charge in [0.2, 0.25) is 0 Å². The van der Waals surface area contributed by atoms with E-state index in [4.69, 9.17) is 4.74 Å². The molecule has 0 aromatic heterocycles. The second-order valence-corrected chi connectivity index (χ2v) is 6.52. The molecule has 0 saturated carbocycles. The minimum absolute atomic E-state index is 0.779. The van der Waals surface area contributed by atoms with Gasteiger partial charge in [-0.25, -0.2) is 0 Å². The number of hydrogen-bond acceptors (Lipinski definition) is 1. The Kier molecular flexibility index (Phi) is 4.46. The Morgan fingerprint density at radius 3 is 2.64 bits per heavy atom. The van der Waals surface area contributed by atoms with Gasteiger partial charge in [0.25, 0.3) is 0 Å². The molecule has 0 heterocycles. The van der Waals surface area contributed by atoms with Crippen molar-refractivity contribution in [2.24, 2.45) is 0 Å². The van der Waals surface area contributed by atoms with E-state index in [2.05, 4.69) is 32.2 Å². The summed E-state index contributed by atoms with van der Waals surface area (Å²) in [5.74, 6) is 1.03. The quantitative estimate of drug-likeness (QED) is 0.543. The van der Waals surface area contributed by atoms with Crippen molar-refractivity contribution in [3.05, 3.63) is 36.6 Å². The number of allylic oxidation sites excluding steroid dienone is 1. The van der Waals surface area contributed by atoms with Crippen LogP contribution in [0.25, 0.3) is 0 Å². The smallest absolute Gasteiger partial charge is 0.125 e. The van der Waals surface area contributed by atoms with E-state index in [1.54, 1.807) is 6.26 Å². The average Bonchev–Trinajstić information content (AvgIpc) is 2.19. The molecule has 76 valence electrons. The minimum atomic E-state index is -0.779. The maximum Gasteiger partial charge on any atom is 0.125 e. The zero-order chi connectivity index (χ0) is 10.4. The van der Waals surface area contributed by atoms with E-state index in [1.165, 1.54) is 5.19 Å². The van der Waals surface area contributed by atoms with Gasteiger partial charge in [-0.2, -0.15) is 0 Å². The summed E-state index contributed by atoms with van der Waals surface area (Å²) in [6, 6.07) is 8.32. The fourth-order valence-electron chi connectivity index (χ4n) is 1.28. The highest BCUT2D eigenvalue weighted by Crippen LogP contribution is 2.08. The molecule has 0 N–H and O–H groups in total. The first-order valence-corrected chi connectivity index (χ1v) is 8.05. The van der Waals surface area contributed by atoms with Crippen molar-refractivity contribution in [1.29, 1.82) is 0 Å². The first kappa shape index (κ1) is 11.1. The highest BCUT2D eigenvalue weighted by atomic mass is 28.3. The number of ether oxygens (including phenoxy) is 1. The molecule has 0 atom stereocenters. The van der Waals surface area contributed by atoms with Crippen LogP contribution >= 0.6 is 0 Å². The number of benzene rings is 1. The van der Waals surface area contributed by atoms with Crippen molar-refractivity contribution in [1.82, 2.24) is 0 Å². The molecule has 0 aliphatic rings. The Labute approximate surface area is 88.0 Å². The largest absolute Gasteiger partial charge is 0.465 e. The lowest BCUT2D eigenvalue weighted by molar-refractivity contribution is 0.483. The second-order valence-electron chi connectivity index (χ2n) is 3.59. The summed E-state index contributed by atoms with van der Waals surface area (Å²) < 4.78 is 5.59. The van der Waals surface area contributed by atoms with Gasteiger partial charge < -0.3 is 4.74 Å². The van der Waals surface area contributed by atoms with Gasteiger partial charge in [0, 0.05) is 0 Å². The van der Waals surface area contributed by atoms with E-state index in [1.807, 2.05) is 18.2 Å². The maximum atomic E-state index is 5.59. The maximum absolute atomic E-state index is 5.59. The van der Waals surface area contributed by atoms with E-state index in [9.17, 15) is 0 Å². The van der Waals surface area contributed by atoms with E-state index >= 15 is 0 Å². The normalized spacial score (nSPS) is 11.1. The molecule has 0 aliphatic carbocycles. The number of hydrogen-bond donors (Lipinski definition) is 0. The zero-order valence-corrected chi connectivity index (χ0v) is 10.3. The second kappa shape index (κ2) is 5.65. The van der Waals surface area contributed by atoms with E-state index < -0.39 is 8.80 Å². The molecule has 14 heavy (non-hydrogen) atoms. The lowest BCUT2D eigenvalue weighted by atomic mass is 10.3. The number of para-hydroxylation sites is 1. The molecule has 1 aromatic carbocycles. The zero-order valence-electron chi connectivity index (χ0n) is 9.16. The standard InChI is InChI=1S/C12H18OSi/c1-4-5-10-13-11-8-6-7-9-12(11)14(2)3/h5-10,14H,4H2,1-3H3. The summed E-state index contributed by atoms with van der Waals surface area (Å²) in [5.41, 5.74) is 0. The van der Waals surface area contributed by atoms with E-state index in [0.717, 1.165) is 12.2 Å². The van der Waals surface area contributed by atoms with Gasteiger partial charge in [-0.15, -0.1) is 0 Å². The summed E-state index contributed by atoms with van der Waals surface area (Å²) in [6.07, 6.45) is 4.83. The van der Waals surface area contributed by atoms with E-state index in [0.29, 0.717) is 0 Å². The molecule has 0 aliphatic heterocycles. The van der Waals surface area contributed by atoms with Gasteiger partial charge in [-0.3, -0.25) is 0 Å². The first-order chi connectivity index (χ1) is 6.75. The highest BCUT2D eigenvalue weighted by molar-refractivity contribution is 6.71. The van der Waals surface area contributed by atoms with Crippen LogP contribution in [0.1, 0.15) is 13.3 Å². The van der Waals surface area contributed by atoms with Crippen LogP contribution in [0.5, 0.6) is 5.75 Å². The topological polar surface area (TPSA) is 9.23 Å². The molecule has 0 amide bonds. The van der Waals surface area contributed by atoms with Crippen LogP contribution in [0, 0.1) is 0 Å². The number of rotatable bonds is 4. The average molecular weight is 206 g/mol. The Morgan fingerprint density at radius 2 is 2.00 bits per heavy atom. The highest BCUT2D eigenvalue weighted by Gasteiger charge is 2.06. The molecule has 0 unspecified atom stereocenters. The summed E-state index contributed by atoms with van der Waals surface area (Å²) in [7, 11) is -0.779. The Hall–Kier alpha value is -1.02. The Bertz CT molecular complexity index is 305. The summed E-state index contributed by atoms with van der Waals surface area (Å²) >= 11 is 0. The third-order valence-corrected chi connectivity index (χ3v) is 3.79. The Morgan fingerprint density at radius 1 is 1.29 bits per heavy atom. The molecule has 1 rings (SSSR count). The molecule has 0 radical (unpaired) electrons. The van der Waals surface area contributed by atoms with Crippen LogP contribution in [0.3, 0.4) is 0 Å². The van der Waals surface area contributed by atoms with Crippen molar-refractivity contribution in [2.45, 2.75) is 26.4 Å².